The fourth-order valence-electron chi connectivity index (χ4n) is 2.46. The van der Waals surface area contributed by atoms with Gasteiger partial charge in [-0.2, -0.15) is 10.2 Å². The number of sulfonamides is 1. The van der Waals surface area contributed by atoms with Crippen molar-refractivity contribution in [2.24, 2.45) is 0 Å². The number of anilines is 1. The first-order chi connectivity index (χ1) is 12.3. The fourth-order valence-corrected chi connectivity index (χ4v) is 4.40. The maximum absolute atomic E-state index is 12.7. The van der Waals surface area contributed by atoms with Crippen molar-refractivity contribution in [2.45, 2.75) is 31.8 Å². The van der Waals surface area contributed by atoms with Gasteiger partial charge in [0.05, 0.1) is 16.7 Å². The summed E-state index contributed by atoms with van der Waals surface area (Å²) in [6, 6.07) is 7.43. The summed E-state index contributed by atoms with van der Waals surface area (Å²) in [6.07, 6.45) is 3.20. The van der Waals surface area contributed by atoms with Crippen molar-refractivity contribution < 1.29 is 8.42 Å². The van der Waals surface area contributed by atoms with E-state index in [0.717, 1.165) is 5.56 Å². The fraction of sp³-hybridized carbons (Fsp3) is 0.250. The predicted octanol–water partition coefficient (Wildman–Crippen LogP) is 3.67. The van der Waals surface area contributed by atoms with Crippen LogP contribution < -0.4 is 4.72 Å². The molecule has 138 valence electrons. The first-order valence-corrected chi connectivity index (χ1v) is 10.5. The van der Waals surface area contributed by atoms with Gasteiger partial charge in [-0.05, 0) is 41.4 Å². The van der Waals surface area contributed by atoms with Gasteiger partial charge in [-0.15, -0.1) is 0 Å². The van der Waals surface area contributed by atoms with E-state index < -0.39 is 10.0 Å². The topological polar surface area (TPSA) is 81.8 Å². The van der Waals surface area contributed by atoms with Crippen molar-refractivity contribution >= 4 is 43.4 Å². The summed E-state index contributed by atoms with van der Waals surface area (Å²) in [7, 11) is -3.79. The van der Waals surface area contributed by atoms with Gasteiger partial charge in [-0.25, -0.2) is 8.42 Å². The molecule has 0 radical (unpaired) electrons. The molecule has 0 aliphatic rings. The molecule has 0 amide bonds. The second-order valence-electron chi connectivity index (χ2n) is 5.65. The SMILES string of the molecule is CCn1cc(S(=O)(=O)Nc2nn(Cc3ccccc3Cl)cc2Br)c(C)n1. The molecule has 3 rings (SSSR count). The third-order valence-electron chi connectivity index (χ3n) is 3.75. The quantitative estimate of drug-likeness (QED) is 0.611. The van der Waals surface area contributed by atoms with Crippen LogP contribution in [0.5, 0.6) is 0 Å². The minimum absolute atomic E-state index is 0.131. The molecule has 10 heteroatoms. The number of rotatable bonds is 6. The summed E-state index contributed by atoms with van der Waals surface area (Å²) in [5.74, 6) is 0.209. The molecule has 0 fully saturated rings. The molecule has 3 aromatic rings. The Balaban J connectivity index is 1.85. The summed E-state index contributed by atoms with van der Waals surface area (Å²) in [6.45, 7) is 4.56. The Bertz CT molecular complexity index is 1040. The van der Waals surface area contributed by atoms with Crippen LogP contribution in [0.1, 0.15) is 18.2 Å². The maximum Gasteiger partial charge on any atom is 0.266 e. The predicted molar refractivity (Wildman–Crippen MR) is 104 cm³/mol. The lowest BCUT2D eigenvalue weighted by atomic mass is 10.2. The molecule has 2 heterocycles. The van der Waals surface area contributed by atoms with Gasteiger partial charge >= 0.3 is 0 Å². The Labute approximate surface area is 165 Å². The average molecular weight is 459 g/mol. The standard InChI is InChI=1S/C16H17BrClN5O2S/c1-3-22-10-15(11(2)19-22)26(24,25)21-16-13(17)9-23(20-16)8-12-6-4-5-7-14(12)18/h4-7,9-10H,3,8H2,1-2H3,(H,20,21). The van der Waals surface area contributed by atoms with Crippen LogP contribution in [-0.2, 0) is 23.1 Å². The van der Waals surface area contributed by atoms with Gasteiger partial charge in [0.1, 0.15) is 4.90 Å². The van der Waals surface area contributed by atoms with Gasteiger partial charge in [0, 0.05) is 24.0 Å². The summed E-state index contributed by atoms with van der Waals surface area (Å²) in [5, 5.41) is 9.11. The molecule has 26 heavy (non-hydrogen) atoms. The van der Waals surface area contributed by atoms with Crippen LogP contribution in [0.4, 0.5) is 5.82 Å². The molecule has 0 saturated heterocycles. The van der Waals surface area contributed by atoms with Crippen LogP contribution in [0.2, 0.25) is 5.02 Å². The van der Waals surface area contributed by atoms with E-state index in [9.17, 15) is 8.42 Å². The minimum Gasteiger partial charge on any atom is -0.271 e. The van der Waals surface area contributed by atoms with Crippen molar-refractivity contribution in [2.75, 3.05) is 4.72 Å². The zero-order valence-electron chi connectivity index (χ0n) is 14.1. The first-order valence-electron chi connectivity index (χ1n) is 7.83. The van der Waals surface area contributed by atoms with Crippen LogP contribution >= 0.6 is 27.5 Å². The van der Waals surface area contributed by atoms with Gasteiger partial charge in [0.15, 0.2) is 5.82 Å². The van der Waals surface area contributed by atoms with E-state index in [-0.39, 0.29) is 10.7 Å². The lowest BCUT2D eigenvalue weighted by Gasteiger charge is -2.05. The molecule has 2 aromatic heterocycles. The van der Waals surface area contributed by atoms with Gasteiger partial charge < -0.3 is 0 Å². The second kappa shape index (κ2) is 7.42. The number of nitrogens with one attached hydrogen (secondary N) is 1. The van der Waals surface area contributed by atoms with Crippen molar-refractivity contribution in [1.29, 1.82) is 0 Å². The highest BCUT2D eigenvalue weighted by atomic mass is 79.9. The molecule has 0 saturated carbocycles. The molecule has 1 aromatic carbocycles. The summed E-state index contributed by atoms with van der Waals surface area (Å²) >= 11 is 9.51. The van der Waals surface area contributed by atoms with E-state index >= 15 is 0 Å². The van der Waals surface area contributed by atoms with E-state index in [0.29, 0.717) is 28.3 Å². The Hall–Kier alpha value is -1.84. The normalized spacial score (nSPS) is 11.7. The number of hydrogen-bond acceptors (Lipinski definition) is 4. The lowest BCUT2D eigenvalue weighted by molar-refractivity contribution is 0.599. The largest absolute Gasteiger partial charge is 0.271 e. The minimum atomic E-state index is -3.79. The molecule has 0 unspecified atom stereocenters. The number of benzene rings is 1. The molecular formula is C16H17BrClN5O2S. The van der Waals surface area contributed by atoms with E-state index in [1.54, 1.807) is 28.6 Å². The lowest BCUT2D eigenvalue weighted by Crippen LogP contribution is -2.14. The van der Waals surface area contributed by atoms with Crippen molar-refractivity contribution in [3.05, 3.63) is 57.4 Å². The van der Waals surface area contributed by atoms with E-state index in [1.807, 2.05) is 25.1 Å². The Kier molecular flexibility index (Phi) is 5.40. The molecular weight excluding hydrogens is 442 g/mol. The number of halogens is 2. The van der Waals surface area contributed by atoms with Crippen molar-refractivity contribution in [3.63, 3.8) is 0 Å². The Morgan fingerprint density at radius 1 is 1.19 bits per heavy atom. The highest BCUT2D eigenvalue weighted by molar-refractivity contribution is 9.10. The molecule has 7 nitrogen and oxygen atoms in total. The third-order valence-corrected chi connectivity index (χ3v) is 6.14. The maximum atomic E-state index is 12.7. The second-order valence-corrected chi connectivity index (χ2v) is 8.57. The molecule has 1 N–H and O–H groups in total. The molecule has 0 aliphatic heterocycles. The first kappa shape index (κ1) is 18.9. The van der Waals surface area contributed by atoms with Crippen LogP contribution in [-0.4, -0.2) is 28.0 Å². The van der Waals surface area contributed by atoms with Gasteiger partial charge in [-0.3, -0.25) is 14.1 Å². The smallest absolute Gasteiger partial charge is 0.266 e. The zero-order valence-corrected chi connectivity index (χ0v) is 17.3. The van der Waals surface area contributed by atoms with Crippen LogP contribution in [0.25, 0.3) is 0 Å². The summed E-state index contributed by atoms with van der Waals surface area (Å²) < 4.78 is 31.6. The monoisotopic (exact) mass is 457 g/mol. The summed E-state index contributed by atoms with van der Waals surface area (Å²) in [5.41, 5.74) is 1.32. The number of hydrogen-bond donors (Lipinski definition) is 1. The molecule has 0 atom stereocenters. The van der Waals surface area contributed by atoms with Crippen LogP contribution in [0.15, 0.2) is 46.0 Å². The molecule has 0 bridgehead atoms. The van der Waals surface area contributed by atoms with Gasteiger partial charge in [0.25, 0.3) is 10.0 Å². The Morgan fingerprint density at radius 2 is 1.92 bits per heavy atom. The van der Waals surface area contributed by atoms with Gasteiger partial charge in [0.2, 0.25) is 0 Å². The summed E-state index contributed by atoms with van der Waals surface area (Å²) in [4.78, 5) is 0.131. The van der Waals surface area contributed by atoms with E-state index in [1.165, 1.54) is 6.20 Å². The average Bonchev–Trinajstić information content (AvgIpc) is 3.12. The number of aromatic nitrogens is 4. The number of aryl methyl sites for hydroxylation is 2. The molecule has 0 aliphatic carbocycles. The third kappa shape index (κ3) is 3.94. The van der Waals surface area contributed by atoms with Crippen molar-refractivity contribution in [1.82, 2.24) is 19.6 Å². The van der Waals surface area contributed by atoms with Gasteiger partial charge in [-0.1, -0.05) is 29.8 Å². The van der Waals surface area contributed by atoms with Crippen molar-refractivity contribution in [3.8, 4) is 0 Å². The Morgan fingerprint density at radius 3 is 2.58 bits per heavy atom. The van der Waals surface area contributed by atoms with E-state index in [2.05, 4.69) is 30.8 Å². The van der Waals surface area contributed by atoms with Crippen LogP contribution in [0.3, 0.4) is 0 Å². The number of nitrogens with zero attached hydrogens (tertiary/aromatic N) is 4. The zero-order chi connectivity index (χ0) is 18.9. The highest BCUT2D eigenvalue weighted by Crippen LogP contribution is 2.25. The van der Waals surface area contributed by atoms with E-state index in [4.69, 9.17) is 11.6 Å². The highest BCUT2D eigenvalue weighted by Gasteiger charge is 2.22. The van der Waals surface area contributed by atoms with Crippen LogP contribution in [0, 0.1) is 6.92 Å². The molecule has 0 spiro atoms.